The van der Waals surface area contributed by atoms with E-state index in [0.717, 1.165) is 25.3 Å². The van der Waals surface area contributed by atoms with Crippen LogP contribution >= 0.6 is 0 Å². The van der Waals surface area contributed by atoms with Gasteiger partial charge in [-0.15, -0.1) is 0 Å². The molecule has 40 heavy (non-hydrogen) atoms. The third-order valence-electron chi connectivity index (χ3n) is 5.69. The normalized spacial score (nSPS) is 16.5. The van der Waals surface area contributed by atoms with Crippen LogP contribution in [0.25, 0.3) is 0 Å². The molecule has 1 aromatic rings. The number of carbonyl (C=O) groups excluding carboxylic acids is 1. The van der Waals surface area contributed by atoms with Crippen molar-refractivity contribution in [3.05, 3.63) is 35.4 Å². The number of hydrogen-bond donors (Lipinski definition) is 0. The minimum atomic E-state index is -8.71. The van der Waals surface area contributed by atoms with E-state index < -0.39 is 76.8 Å². The highest BCUT2D eigenvalue weighted by Crippen LogP contribution is 2.64. The molecule has 0 fully saturated rings. The Morgan fingerprint density at radius 1 is 0.650 bits per heavy atom. The van der Waals surface area contributed by atoms with Gasteiger partial charge in [0, 0.05) is 7.11 Å². The van der Waals surface area contributed by atoms with Crippen LogP contribution in [0.3, 0.4) is 0 Å². The van der Waals surface area contributed by atoms with Gasteiger partial charge >= 0.3 is 53.6 Å². The van der Waals surface area contributed by atoms with E-state index in [4.69, 9.17) is 0 Å². The molecule has 0 amide bonds. The number of alkyl halides is 17. The van der Waals surface area contributed by atoms with Crippen LogP contribution < -0.4 is 0 Å². The van der Waals surface area contributed by atoms with Crippen molar-refractivity contribution in [1.82, 2.24) is 0 Å². The summed E-state index contributed by atoms with van der Waals surface area (Å²) in [6.07, 6.45) is -10.7. The average molecular weight is 626 g/mol. The van der Waals surface area contributed by atoms with Crippen LogP contribution in [0.1, 0.15) is 29.3 Å². The molecular formula is C20H15F17O3. The second-order valence-corrected chi connectivity index (χ2v) is 8.33. The molecule has 3 nitrogen and oxygen atoms in total. The van der Waals surface area contributed by atoms with Crippen molar-refractivity contribution in [2.75, 3.05) is 14.2 Å². The maximum atomic E-state index is 14.5. The van der Waals surface area contributed by atoms with Gasteiger partial charge in [0.05, 0.1) is 24.7 Å². The molecule has 0 saturated heterocycles. The Kier molecular flexibility index (Phi) is 8.94. The van der Waals surface area contributed by atoms with Crippen molar-refractivity contribution in [2.24, 2.45) is 0 Å². The Bertz CT molecular complexity index is 1080. The molecule has 0 N–H and O–H groups in total. The molecule has 1 rings (SSSR count). The fourth-order valence-electron chi connectivity index (χ4n) is 3.12. The maximum absolute atomic E-state index is 14.5. The van der Waals surface area contributed by atoms with E-state index in [-0.39, 0.29) is 0 Å². The first-order valence-electron chi connectivity index (χ1n) is 9.92. The summed E-state index contributed by atoms with van der Waals surface area (Å²) in [5.74, 6) is -58.3. The molecule has 0 aliphatic heterocycles. The molecule has 0 saturated carbocycles. The first kappa shape index (κ1) is 35.5. The highest BCUT2D eigenvalue weighted by molar-refractivity contribution is 5.89. The Balaban J connectivity index is 3.69. The number of esters is 1. The Morgan fingerprint density at radius 2 is 1.05 bits per heavy atom. The highest BCUT2D eigenvalue weighted by atomic mass is 19.4. The second kappa shape index (κ2) is 10.1. The number of ether oxygens (including phenoxy) is 2. The minimum Gasteiger partial charge on any atom is -0.465 e. The smallest absolute Gasteiger partial charge is 0.460 e. The molecule has 0 aliphatic rings. The average Bonchev–Trinajstić information content (AvgIpc) is 2.81. The summed E-state index contributed by atoms with van der Waals surface area (Å²) in [5.41, 5.74) is -4.23. The Hall–Kier alpha value is -2.54. The van der Waals surface area contributed by atoms with E-state index in [2.05, 4.69) is 9.47 Å². The summed E-state index contributed by atoms with van der Waals surface area (Å²) in [6, 6.07) is 3.17. The first-order chi connectivity index (χ1) is 17.5. The number of rotatable bonds is 11. The highest BCUT2D eigenvalue weighted by Gasteiger charge is 2.95. The van der Waals surface area contributed by atoms with Crippen LogP contribution in [0.2, 0.25) is 0 Å². The number of halogens is 17. The van der Waals surface area contributed by atoms with Crippen LogP contribution in [0.15, 0.2) is 24.3 Å². The number of hydrogen-bond acceptors (Lipinski definition) is 3. The van der Waals surface area contributed by atoms with Crippen molar-refractivity contribution in [3.8, 4) is 0 Å². The van der Waals surface area contributed by atoms with Crippen molar-refractivity contribution >= 4 is 5.97 Å². The van der Waals surface area contributed by atoms with Gasteiger partial charge in [-0.25, -0.2) is 4.79 Å². The Labute approximate surface area is 212 Å². The predicted molar refractivity (Wildman–Crippen MR) is 97.4 cm³/mol. The molecule has 0 heterocycles. The zero-order chi connectivity index (χ0) is 32.2. The van der Waals surface area contributed by atoms with Crippen LogP contribution in [-0.2, 0) is 15.1 Å². The fraction of sp³-hybridized carbons (Fsp3) is 0.650. The van der Waals surface area contributed by atoms with Crippen LogP contribution in [0, 0.1) is 0 Å². The Morgan fingerprint density at radius 3 is 1.43 bits per heavy atom. The summed E-state index contributed by atoms with van der Waals surface area (Å²) in [6.45, 7) is 0.413. The standard InChI is InChI=1S/C20H15F17O3/c1-12(40-3,10-6-4-5-9(7-10)11(38)39-2)8-13(21,22)14(23,24)15(25,26)16(27,28)17(29,30)18(31,32)19(33,34)20(35,36)37/h4-7H,8H2,1-3H3. The van der Waals surface area contributed by atoms with Gasteiger partial charge in [-0.1, -0.05) is 12.1 Å². The summed E-state index contributed by atoms with van der Waals surface area (Å²) in [4.78, 5) is 11.6. The molecule has 0 radical (unpaired) electrons. The van der Waals surface area contributed by atoms with E-state index in [9.17, 15) is 79.4 Å². The lowest BCUT2D eigenvalue weighted by Gasteiger charge is -2.44. The summed E-state index contributed by atoms with van der Waals surface area (Å²) < 4.78 is 238. The van der Waals surface area contributed by atoms with Crippen molar-refractivity contribution in [3.63, 3.8) is 0 Å². The van der Waals surface area contributed by atoms with Gasteiger partial charge in [0.15, 0.2) is 0 Å². The van der Waals surface area contributed by atoms with Crippen LogP contribution in [0.5, 0.6) is 0 Å². The maximum Gasteiger partial charge on any atom is 0.460 e. The van der Waals surface area contributed by atoms with E-state index >= 15 is 0 Å². The third-order valence-corrected chi connectivity index (χ3v) is 5.69. The van der Waals surface area contributed by atoms with Crippen LogP contribution in [0.4, 0.5) is 74.6 Å². The van der Waals surface area contributed by atoms with E-state index in [1.165, 1.54) is 0 Å². The molecule has 0 aromatic heterocycles. The van der Waals surface area contributed by atoms with E-state index in [1.807, 2.05) is 0 Å². The lowest BCUT2D eigenvalue weighted by molar-refractivity contribution is -0.462. The molecule has 20 heteroatoms. The molecule has 232 valence electrons. The minimum absolute atomic E-state index is 0.413. The predicted octanol–water partition coefficient (Wildman–Crippen LogP) is 7.73. The van der Waals surface area contributed by atoms with Gasteiger partial charge in [0.2, 0.25) is 0 Å². The molecule has 1 atom stereocenters. The lowest BCUT2D eigenvalue weighted by atomic mass is 9.82. The topological polar surface area (TPSA) is 35.5 Å². The van der Waals surface area contributed by atoms with Gasteiger partial charge in [-0.3, -0.25) is 0 Å². The molecule has 0 spiro atoms. The zero-order valence-electron chi connectivity index (χ0n) is 19.7. The zero-order valence-corrected chi connectivity index (χ0v) is 19.7. The third kappa shape index (κ3) is 5.03. The second-order valence-electron chi connectivity index (χ2n) is 8.33. The first-order valence-corrected chi connectivity index (χ1v) is 9.92. The van der Waals surface area contributed by atoms with Gasteiger partial charge in [-0.2, -0.15) is 74.6 Å². The SMILES string of the molecule is COC(=O)c1cccc(C(C)(CC(F)(F)C(F)(F)C(F)(F)C(F)(F)C(F)(F)C(F)(F)C(F)(F)C(F)(F)F)OC)c1. The van der Waals surface area contributed by atoms with Crippen LogP contribution in [-0.4, -0.2) is 67.8 Å². The molecular weight excluding hydrogens is 611 g/mol. The lowest BCUT2D eigenvalue weighted by Crippen LogP contribution is -2.74. The monoisotopic (exact) mass is 626 g/mol. The van der Waals surface area contributed by atoms with Gasteiger partial charge in [0.25, 0.3) is 0 Å². The summed E-state index contributed by atoms with van der Waals surface area (Å²) in [5, 5.41) is 0. The fourth-order valence-corrected chi connectivity index (χ4v) is 3.12. The van der Waals surface area contributed by atoms with Gasteiger partial charge in [0.1, 0.15) is 0 Å². The van der Waals surface area contributed by atoms with Crippen molar-refractivity contribution < 1.29 is 88.9 Å². The summed E-state index contributed by atoms with van der Waals surface area (Å²) in [7, 11) is 1.28. The molecule has 0 aliphatic carbocycles. The molecule has 1 unspecified atom stereocenters. The number of carbonyl (C=O) groups is 1. The van der Waals surface area contributed by atoms with Crippen molar-refractivity contribution in [1.29, 1.82) is 0 Å². The van der Waals surface area contributed by atoms with Gasteiger partial charge < -0.3 is 9.47 Å². The number of benzene rings is 1. The van der Waals surface area contributed by atoms with Gasteiger partial charge in [-0.05, 0) is 24.6 Å². The van der Waals surface area contributed by atoms with E-state index in [0.29, 0.717) is 20.1 Å². The quantitative estimate of drug-likeness (QED) is 0.186. The molecule has 1 aromatic carbocycles. The largest absolute Gasteiger partial charge is 0.465 e. The summed E-state index contributed by atoms with van der Waals surface area (Å²) >= 11 is 0. The van der Waals surface area contributed by atoms with E-state index in [1.54, 1.807) is 0 Å². The van der Waals surface area contributed by atoms with Crippen molar-refractivity contribution in [2.45, 2.75) is 66.6 Å². The molecule has 0 bridgehead atoms. The number of methoxy groups -OCH3 is 2.